The second-order valence-electron chi connectivity index (χ2n) is 16.4. The highest BCUT2D eigenvalue weighted by Gasteiger charge is 2.30. The van der Waals surface area contributed by atoms with Gasteiger partial charge in [0.25, 0.3) is 0 Å². The largest absolute Gasteiger partial charge is 0.309 e. The van der Waals surface area contributed by atoms with E-state index in [2.05, 4.69) is 234 Å². The summed E-state index contributed by atoms with van der Waals surface area (Å²) < 4.78 is 4.93. The van der Waals surface area contributed by atoms with Crippen LogP contribution < -0.4 is 16.4 Å². The molecule has 0 radical (unpaired) electrons. The Morgan fingerprint density at radius 2 is 0.705 bits per heavy atom. The number of hydrogen-bond acceptors (Lipinski definition) is 0. The lowest BCUT2D eigenvalue weighted by Gasteiger charge is -2.24. The van der Waals surface area contributed by atoms with Gasteiger partial charge in [0, 0.05) is 32.9 Å². The molecule has 61 heavy (non-hydrogen) atoms. The molecular formula is C58H37BN2. The van der Waals surface area contributed by atoms with E-state index in [1.54, 1.807) is 0 Å². The molecule has 0 aliphatic heterocycles. The molecule has 0 spiro atoms. The zero-order valence-electron chi connectivity index (χ0n) is 33.3. The van der Waals surface area contributed by atoms with Gasteiger partial charge in [-0.3, -0.25) is 0 Å². The summed E-state index contributed by atoms with van der Waals surface area (Å²) in [5.41, 5.74) is 11.1. The van der Waals surface area contributed by atoms with Gasteiger partial charge >= 0.3 is 0 Å². The molecule has 0 saturated carbocycles. The van der Waals surface area contributed by atoms with Crippen molar-refractivity contribution >= 4 is 110 Å². The first-order valence-electron chi connectivity index (χ1n) is 21.2. The van der Waals surface area contributed by atoms with Crippen molar-refractivity contribution in [2.45, 2.75) is 0 Å². The summed E-state index contributed by atoms with van der Waals surface area (Å²) in [6.07, 6.45) is 0. The first kappa shape index (κ1) is 34.0. The molecule has 3 heteroatoms. The van der Waals surface area contributed by atoms with Crippen molar-refractivity contribution in [2.75, 3.05) is 0 Å². The van der Waals surface area contributed by atoms with Crippen LogP contribution in [-0.2, 0) is 0 Å². The summed E-state index contributed by atoms with van der Waals surface area (Å²) in [4.78, 5) is 0. The second-order valence-corrected chi connectivity index (χ2v) is 16.4. The smallest absolute Gasteiger partial charge is 0.244 e. The molecule has 0 unspecified atom stereocenters. The summed E-state index contributed by atoms with van der Waals surface area (Å²) in [6.45, 7) is -0.0604. The first-order valence-corrected chi connectivity index (χ1v) is 21.2. The van der Waals surface area contributed by atoms with Crippen LogP contribution in [0.15, 0.2) is 224 Å². The Morgan fingerprint density at radius 3 is 1.25 bits per heavy atom. The molecule has 0 fully saturated rings. The lowest BCUT2D eigenvalue weighted by molar-refractivity contribution is 1.17. The highest BCUT2D eigenvalue weighted by Crippen LogP contribution is 2.42. The number of rotatable bonds is 5. The van der Waals surface area contributed by atoms with Gasteiger partial charge in [-0.15, -0.1) is 0 Å². The van der Waals surface area contributed by atoms with Crippen molar-refractivity contribution in [1.29, 1.82) is 0 Å². The Hall–Kier alpha value is -7.88. The number of nitrogens with zero attached hydrogens (tertiary/aromatic N) is 2. The van der Waals surface area contributed by atoms with Gasteiger partial charge in [0.05, 0.1) is 22.1 Å². The zero-order chi connectivity index (χ0) is 40.0. The van der Waals surface area contributed by atoms with Crippen molar-refractivity contribution < 1.29 is 0 Å². The molecule has 0 aliphatic rings. The van der Waals surface area contributed by atoms with Gasteiger partial charge in [-0.1, -0.05) is 186 Å². The summed E-state index contributed by atoms with van der Waals surface area (Å²) in [6, 6.07) is 83.2. The van der Waals surface area contributed by atoms with Gasteiger partial charge in [0.1, 0.15) is 0 Å². The molecular weight excluding hydrogens is 735 g/mol. The van der Waals surface area contributed by atoms with Crippen molar-refractivity contribution in [3.63, 3.8) is 0 Å². The van der Waals surface area contributed by atoms with E-state index in [0.29, 0.717) is 0 Å². The first-order chi connectivity index (χ1) is 30.3. The molecule has 0 atom stereocenters. The van der Waals surface area contributed by atoms with E-state index in [4.69, 9.17) is 0 Å². The third kappa shape index (κ3) is 5.04. The van der Waals surface area contributed by atoms with E-state index in [9.17, 15) is 0 Å². The van der Waals surface area contributed by atoms with Crippen molar-refractivity contribution in [2.24, 2.45) is 0 Å². The van der Waals surface area contributed by atoms with Crippen LogP contribution in [0.1, 0.15) is 0 Å². The summed E-state index contributed by atoms with van der Waals surface area (Å²) >= 11 is 0. The van der Waals surface area contributed by atoms with Gasteiger partial charge < -0.3 is 9.13 Å². The molecule has 2 aromatic heterocycles. The maximum atomic E-state index is 2.51. The van der Waals surface area contributed by atoms with Gasteiger partial charge in [0.2, 0.25) is 6.71 Å². The summed E-state index contributed by atoms with van der Waals surface area (Å²) in [7, 11) is 0. The van der Waals surface area contributed by atoms with Crippen LogP contribution in [0.2, 0.25) is 0 Å². The molecule has 282 valence electrons. The summed E-state index contributed by atoms with van der Waals surface area (Å²) in [5, 5.41) is 15.2. The van der Waals surface area contributed by atoms with Crippen molar-refractivity contribution in [3.8, 4) is 11.4 Å². The second kappa shape index (κ2) is 13.3. The highest BCUT2D eigenvalue weighted by molar-refractivity contribution is 7.01. The van der Waals surface area contributed by atoms with E-state index in [1.165, 1.54) is 103 Å². The van der Waals surface area contributed by atoms with Crippen LogP contribution in [-0.4, -0.2) is 15.8 Å². The topological polar surface area (TPSA) is 9.86 Å². The number of aromatic nitrogens is 2. The Bertz CT molecular complexity index is 3650. The average Bonchev–Trinajstić information content (AvgIpc) is 3.84. The number of benzene rings is 11. The molecule has 13 rings (SSSR count). The Labute approximate surface area is 353 Å². The molecule has 13 aromatic rings. The van der Waals surface area contributed by atoms with E-state index < -0.39 is 0 Å². The molecule has 11 aromatic carbocycles. The maximum Gasteiger partial charge on any atom is 0.244 e. The lowest BCUT2D eigenvalue weighted by atomic mass is 9.34. The van der Waals surface area contributed by atoms with Crippen LogP contribution in [0.4, 0.5) is 0 Å². The van der Waals surface area contributed by atoms with Crippen LogP contribution in [0, 0.1) is 0 Å². The fourth-order valence-corrected chi connectivity index (χ4v) is 10.6. The quantitative estimate of drug-likeness (QED) is 0.122. The Balaban J connectivity index is 1.12. The number of para-hydroxylation sites is 3. The van der Waals surface area contributed by atoms with Gasteiger partial charge in [0.15, 0.2) is 0 Å². The fourth-order valence-electron chi connectivity index (χ4n) is 10.6. The molecule has 0 amide bonds. The minimum Gasteiger partial charge on any atom is -0.309 e. The summed E-state index contributed by atoms with van der Waals surface area (Å²) in [5.74, 6) is 0. The molecule has 2 nitrogen and oxygen atoms in total. The van der Waals surface area contributed by atoms with E-state index in [0.717, 1.165) is 11.4 Å². The predicted molar refractivity (Wildman–Crippen MR) is 263 cm³/mol. The molecule has 2 heterocycles. The third-order valence-electron chi connectivity index (χ3n) is 13.2. The molecule has 0 saturated heterocycles. The van der Waals surface area contributed by atoms with Gasteiger partial charge in [-0.2, -0.15) is 0 Å². The third-order valence-corrected chi connectivity index (χ3v) is 13.2. The molecule has 0 aliphatic carbocycles. The normalized spacial score (nSPS) is 11.9. The SMILES string of the molecule is c1ccc(-n2c3ccccc3c3c2ccc2c4ccccc4n(-c4ccc(B(c5c6ccccc6cc6ccccc56)c5c6ccccc6cc6ccccc56)cc4)c23)cc1. The van der Waals surface area contributed by atoms with Crippen LogP contribution >= 0.6 is 0 Å². The lowest BCUT2D eigenvalue weighted by Crippen LogP contribution is -2.53. The maximum absolute atomic E-state index is 2.51. The van der Waals surface area contributed by atoms with E-state index >= 15 is 0 Å². The fraction of sp³-hybridized carbons (Fsp3) is 0. The highest BCUT2D eigenvalue weighted by atomic mass is 15.0. The number of fused-ring (bicyclic) bond motifs is 11. The predicted octanol–water partition coefficient (Wildman–Crippen LogP) is 13.0. The van der Waals surface area contributed by atoms with Crippen LogP contribution in [0.3, 0.4) is 0 Å². The van der Waals surface area contributed by atoms with Gasteiger partial charge in [-0.25, -0.2) is 0 Å². The van der Waals surface area contributed by atoms with Crippen LogP contribution in [0.25, 0.3) is 98.1 Å². The van der Waals surface area contributed by atoms with E-state index in [-0.39, 0.29) is 6.71 Å². The number of hydrogen-bond donors (Lipinski definition) is 0. The van der Waals surface area contributed by atoms with E-state index in [1.807, 2.05) is 0 Å². The van der Waals surface area contributed by atoms with Crippen LogP contribution in [0.5, 0.6) is 0 Å². The Morgan fingerprint density at radius 1 is 0.279 bits per heavy atom. The van der Waals surface area contributed by atoms with Crippen molar-refractivity contribution in [1.82, 2.24) is 9.13 Å². The minimum absolute atomic E-state index is 0.0604. The minimum atomic E-state index is -0.0604. The standard InChI is InChI=1S/C58H37BN2/c1-2-20-43(21-3-1)60-53-29-15-13-27-51(53)55-54(60)35-34-50-49-26-12-14-28-52(49)61(58(50)55)44-32-30-42(31-33-44)59(56-45-22-8-4-16-38(45)36-39-17-5-9-23-46(39)56)57-47-24-10-6-18-40(47)37-41-19-7-11-25-48(41)57/h1-37H. The molecule has 0 bridgehead atoms. The monoisotopic (exact) mass is 772 g/mol. The zero-order valence-corrected chi connectivity index (χ0v) is 33.3. The Kier molecular flexibility index (Phi) is 7.43. The van der Waals surface area contributed by atoms with Gasteiger partial charge in [-0.05, 0) is 97.7 Å². The average molecular weight is 773 g/mol. The van der Waals surface area contributed by atoms with Crippen molar-refractivity contribution in [3.05, 3.63) is 224 Å². The molecule has 0 N–H and O–H groups in total.